The molecule has 0 amide bonds. The summed E-state index contributed by atoms with van der Waals surface area (Å²) in [4.78, 5) is 2.76. The number of hydrogen-bond donors (Lipinski definition) is 0. The van der Waals surface area contributed by atoms with Crippen LogP contribution in [0.2, 0.25) is 5.02 Å². The van der Waals surface area contributed by atoms with Crippen LogP contribution in [-0.4, -0.2) is 0 Å². The van der Waals surface area contributed by atoms with Gasteiger partial charge in [0.05, 0.1) is 0 Å². The van der Waals surface area contributed by atoms with Crippen molar-refractivity contribution < 1.29 is 0 Å². The lowest BCUT2D eigenvalue weighted by Crippen LogP contribution is -1.73. The van der Waals surface area contributed by atoms with Crippen LogP contribution in [0.4, 0.5) is 5.69 Å². The van der Waals surface area contributed by atoms with E-state index in [9.17, 15) is 0 Å². The van der Waals surface area contributed by atoms with Gasteiger partial charge in [-0.3, -0.25) is 0 Å². The SMILES string of the molecule is [N-]=[N+]=Nc1cccc(/C=C/c2ccc(Cl)cc2)c1. The number of benzene rings is 2. The van der Waals surface area contributed by atoms with E-state index in [2.05, 4.69) is 10.0 Å². The van der Waals surface area contributed by atoms with E-state index in [4.69, 9.17) is 17.1 Å². The van der Waals surface area contributed by atoms with Gasteiger partial charge in [-0.05, 0) is 34.9 Å². The third kappa shape index (κ3) is 3.39. The standard InChI is InChI=1S/C14H10ClN3/c15-13-8-6-11(7-9-13)4-5-12-2-1-3-14(10-12)17-18-16/h1-10H/b5-4+. The third-order valence-corrected chi connectivity index (χ3v) is 2.62. The van der Waals surface area contributed by atoms with Gasteiger partial charge in [-0.2, -0.15) is 0 Å². The monoisotopic (exact) mass is 255 g/mol. The molecule has 88 valence electrons. The van der Waals surface area contributed by atoms with Crippen molar-refractivity contribution in [1.82, 2.24) is 0 Å². The van der Waals surface area contributed by atoms with Gasteiger partial charge < -0.3 is 0 Å². The Bertz CT molecular complexity index is 611. The number of azide groups is 1. The molecular formula is C14H10ClN3. The molecular weight excluding hydrogens is 246 g/mol. The van der Waals surface area contributed by atoms with Crippen LogP contribution in [0.1, 0.15) is 11.1 Å². The van der Waals surface area contributed by atoms with Crippen molar-refractivity contribution in [2.75, 3.05) is 0 Å². The molecule has 0 unspecified atom stereocenters. The van der Waals surface area contributed by atoms with Gasteiger partial charge >= 0.3 is 0 Å². The molecule has 0 aromatic heterocycles. The van der Waals surface area contributed by atoms with Gasteiger partial charge in [0.25, 0.3) is 0 Å². The van der Waals surface area contributed by atoms with Gasteiger partial charge in [-0.25, -0.2) is 0 Å². The van der Waals surface area contributed by atoms with Crippen LogP contribution in [0.3, 0.4) is 0 Å². The summed E-state index contributed by atoms with van der Waals surface area (Å²) in [5.74, 6) is 0. The second-order valence-electron chi connectivity index (χ2n) is 3.67. The fraction of sp³-hybridized carbons (Fsp3) is 0. The number of nitrogens with zero attached hydrogens (tertiary/aromatic N) is 3. The van der Waals surface area contributed by atoms with E-state index in [0.717, 1.165) is 16.1 Å². The summed E-state index contributed by atoms with van der Waals surface area (Å²) in [7, 11) is 0. The molecule has 2 aromatic rings. The molecule has 0 heterocycles. The maximum atomic E-state index is 8.37. The quantitative estimate of drug-likeness (QED) is 0.303. The Morgan fingerprint density at radius 3 is 2.44 bits per heavy atom. The van der Waals surface area contributed by atoms with Crippen LogP contribution in [0, 0.1) is 0 Å². The number of halogens is 1. The van der Waals surface area contributed by atoms with Crippen molar-refractivity contribution in [3.63, 3.8) is 0 Å². The molecule has 3 nitrogen and oxygen atoms in total. The molecule has 0 aliphatic heterocycles. The predicted molar refractivity (Wildman–Crippen MR) is 75.6 cm³/mol. The Hall–Kier alpha value is -2.22. The normalized spacial score (nSPS) is 10.3. The van der Waals surface area contributed by atoms with Gasteiger partial charge in [-0.15, -0.1) is 0 Å². The molecule has 0 bridgehead atoms. The van der Waals surface area contributed by atoms with Gasteiger partial charge in [-0.1, -0.05) is 59.2 Å². The topological polar surface area (TPSA) is 48.8 Å². The van der Waals surface area contributed by atoms with Crippen molar-refractivity contribution in [2.45, 2.75) is 0 Å². The highest BCUT2D eigenvalue weighted by atomic mass is 35.5. The molecule has 0 radical (unpaired) electrons. The van der Waals surface area contributed by atoms with Crippen LogP contribution in [0.25, 0.3) is 22.6 Å². The highest BCUT2D eigenvalue weighted by molar-refractivity contribution is 6.30. The highest BCUT2D eigenvalue weighted by Gasteiger charge is 1.91. The zero-order valence-corrected chi connectivity index (χ0v) is 10.2. The van der Waals surface area contributed by atoms with E-state index in [1.54, 1.807) is 6.07 Å². The molecule has 2 rings (SSSR count). The molecule has 0 N–H and O–H groups in total. The van der Waals surface area contributed by atoms with Crippen molar-refractivity contribution in [3.05, 3.63) is 75.1 Å². The lowest BCUT2D eigenvalue weighted by molar-refractivity contribution is 1.47. The smallest absolute Gasteiger partial charge is 0.0406 e. The van der Waals surface area contributed by atoms with Crippen molar-refractivity contribution in [1.29, 1.82) is 0 Å². The zero-order valence-electron chi connectivity index (χ0n) is 9.49. The Balaban J connectivity index is 2.20. The van der Waals surface area contributed by atoms with E-state index in [1.807, 2.05) is 54.6 Å². The second kappa shape index (κ2) is 5.92. The summed E-state index contributed by atoms with van der Waals surface area (Å²) in [6.07, 6.45) is 3.94. The third-order valence-electron chi connectivity index (χ3n) is 2.37. The summed E-state index contributed by atoms with van der Waals surface area (Å²) >= 11 is 5.81. The minimum Gasteiger partial charge on any atom is -0.0843 e. The first-order valence-corrected chi connectivity index (χ1v) is 5.74. The van der Waals surface area contributed by atoms with E-state index < -0.39 is 0 Å². The fourth-order valence-corrected chi connectivity index (χ4v) is 1.63. The largest absolute Gasteiger partial charge is 0.0843 e. The summed E-state index contributed by atoms with van der Waals surface area (Å²) in [5, 5.41) is 4.28. The second-order valence-corrected chi connectivity index (χ2v) is 4.11. The number of hydrogen-bond acceptors (Lipinski definition) is 1. The van der Waals surface area contributed by atoms with E-state index in [1.165, 1.54) is 0 Å². The fourth-order valence-electron chi connectivity index (χ4n) is 1.51. The van der Waals surface area contributed by atoms with Crippen LogP contribution in [-0.2, 0) is 0 Å². The molecule has 0 atom stereocenters. The Morgan fingerprint density at radius 2 is 1.72 bits per heavy atom. The maximum absolute atomic E-state index is 8.37. The van der Waals surface area contributed by atoms with Gasteiger partial charge in [0.15, 0.2) is 0 Å². The first kappa shape index (κ1) is 12.2. The summed E-state index contributed by atoms with van der Waals surface area (Å²) < 4.78 is 0. The van der Waals surface area contributed by atoms with Gasteiger partial charge in [0, 0.05) is 15.6 Å². The maximum Gasteiger partial charge on any atom is 0.0406 e. The van der Waals surface area contributed by atoms with Crippen LogP contribution in [0.5, 0.6) is 0 Å². The van der Waals surface area contributed by atoms with E-state index in [0.29, 0.717) is 5.69 Å². The molecule has 18 heavy (non-hydrogen) atoms. The highest BCUT2D eigenvalue weighted by Crippen LogP contribution is 2.17. The van der Waals surface area contributed by atoms with Crippen LogP contribution in [0.15, 0.2) is 53.6 Å². The summed E-state index contributed by atoms with van der Waals surface area (Å²) in [6.45, 7) is 0. The molecule has 0 saturated heterocycles. The Labute approximate surface area is 110 Å². The molecule has 0 spiro atoms. The van der Waals surface area contributed by atoms with Crippen molar-refractivity contribution in [2.24, 2.45) is 5.11 Å². The Morgan fingerprint density at radius 1 is 1.00 bits per heavy atom. The van der Waals surface area contributed by atoms with Crippen molar-refractivity contribution >= 4 is 29.4 Å². The minimum atomic E-state index is 0.607. The van der Waals surface area contributed by atoms with Gasteiger partial charge in [0.2, 0.25) is 0 Å². The van der Waals surface area contributed by atoms with Crippen molar-refractivity contribution in [3.8, 4) is 0 Å². The molecule has 0 aliphatic carbocycles. The Kier molecular flexibility index (Phi) is 4.02. The molecule has 0 saturated carbocycles. The molecule has 4 heteroatoms. The predicted octanol–water partition coefficient (Wildman–Crippen LogP) is 5.45. The van der Waals surface area contributed by atoms with Crippen LogP contribution >= 0.6 is 11.6 Å². The van der Waals surface area contributed by atoms with E-state index >= 15 is 0 Å². The average Bonchev–Trinajstić information content (AvgIpc) is 2.39. The first-order valence-electron chi connectivity index (χ1n) is 5.37. The van der Waals surface area contributed by atoms with E-state index in [-0.39, 0.29) is 0 Å². The lowest BCUT2D eigenvalue weighted by atomic mass is 10.1. The lowest BCUT2D eigenvalue weighted by Gasteiger charge is -1.96. The first-order chi connectivity index (χ1) is 8.78. The summed E-state index contributed by atoms with van der Waals surface area (Å²) in [6, 6.07) is 15.0. The number of rotatable bonds is 3. The average molecular weight is 256 g/mol. The molecule has 0 aliphatic rings. The summed E-state index contributed by atoms with van der Waals surface area (Å²) in [5.41, 5.74) is 11.0. The minimum absolute atomic E-state index is 0.607. The molecule has 2 aromatic carbocycles. The zero-order chi connectivity index (χ0) is 12.8. The van der Waals surface area contributed by atoms with Crippen LogP contribution < -0.4 is 0 Å². The molecule has 0 fully saturated rings. The van der Waals surface area contributed by atoms with Gasteiger partial charge in [0.1, 0.15) is 0 Å².